The van der Waals surface area contributed by atoms with Crippen LogP contribution in [0.3, 0.4) is 0 Å². The predicted octanol–water partition coefficient (Wildman–Crippen LogP) is 4.18. The molecule has 0 amide bonds. The van der Waals surface area contributed by atoms with Crippen LogP contribution in [0.25, 0.3) is 11.0 Å². The van der Waals surface area contributed by atoms with E-state index in [-0.39, 0.29) is 12.2 Å². The molecule has 1 aromatic carbocycles. The molecule has 0 unspecified atom stereocenters. The van der Waals surface area contributed by atoms with E-state index in [0.717, 1.165) is 23.1 Å². The summed E-state index contributed by atoms with van der Waals surface area (Å²) in [5.74, 6) is 1.82. The molecule has 0 N–H and O–H groups in total. The molecule has 5 heteroatoms. The summed E-state index contributed by atoms with van der Waals surface area (Å²) in [5, 5.41) is 4.95. The van der Waals surface area contributed by atoms with E-state index in [9.17, 15) is 4.79 Å². The van der Waals surface area contributed by atoms with Gasteiger partial charge in [-0.2, -0.15) is 0 Å². The molecule has 24 heavy (non-hydrogen) atoms. The number of nitrogens with zero attached hydrogens (tertiary/aromatic N) is 1. The van der Waals surface area contributed by atoms with Gasteiger partial charge in [-0.1, -0.05) is 19.0 Å². The Morgan fingerprint density at radius 2 is 1.96 bits per heavy atom. The minimum Gasteiger partial charge on any atom is -0.485 e. The fourth-order valence-corrected chi connectivity index (χ4v) is 2.61. The Hall–Kier alpha value is -2.56. The van der Waals surface area contributed by atoms with Crippen LogP contribution >= 0.6 is 0 Å². The van der Waals surface area contributed by atoms with Gasteiger partial charge in [0, 0.05) is 23.1 Å². The summed E-state index contributed by atoms with van der Waals surface area (Å²) in [6.45, 7) is 8.24. The first-order valence-electron chi connectivity index (χ1n) is 8.05. The predicted molar refractivity (Wildman–Crippen MR) is 91.3 cm³/mol. The van der Waals surface area contributed by atoms with Crippen molar-refractivity contribution in [3.05, 3.63) is 57.3 Å². The van der Waals surface area contributed by atoms with Gasteiger partial charge in [-0.15, -0.1) is 0 Å². The summed E-state index contributed by atoms with van der Waals surface area (Å²) >= 11 is 0. The van der Waals surface area contributed by atoms with Crippen molar-refractivity contribution in [1.82, 2.24) is 5.16 Å². The molecule has 5 nitrogen and oxygen atoms in total. The van der Waals surface area contributed by atoms with E-state index in [2.05, 4.69) is 19.0 Å². The van der Waals surface area contributed by atoms with Gasteiger partial charge in [-0.25, -0.2) is 4.79 Å². The van der Waals surface area contributed by atoms with Gasteiger partial charge in [0.25, 0.3) is 0 Å². The van der Waals surface area contributed by atoms with Gasteiger partial charge < -0.3 is 13.7 Å². The normalized spacial score (nSPS) is 11.4. The van der Waals surface area contributed by atoms with E-state index in [0.29, 0.717) is 28.6 Å². The smallest absolute Gasteiger partial charge is 0.339 e. The zero-order chi connectivity index (χ0) is 17.3. The van der Waals surface area contributed by atoms with Crippen LogP contribution in [-0.2, 0) is 13.0 Å². The lowest BCUT2D eigenvalue weighted by atomic mass is 10.1. The van der Waals surface area contributed by atoms with Crippen molar-refractivity contribution in [2.24, 2.45) is 5.92 Å². The number of hydrogen-bond donors (Lipinski definition) is 0. The number of benzene rings is 1. The van der Waals surface area contributed by atoms with Gasteiger partial charge in [0.2, 0.25) is 0 Å². The Labute approximate surface area is 140 Å². The molecule has 3 aromatic rings. The van der Waals surface area contributed by atoms with Crippen molar-refractivity contribution in [3.8, 4) is 5.75 Å². The van der Waals surface area contributed by atoms with Crippen molar-refractivity contribution in [3.63, 3.8) is 0 Å². The summed E-state index contributed by atoms with van der Waals surface area (Å²) in [6.07, 6.45) is 0.878. The average molecular weight is 327 g/mol. The zero-order valence-electron chi connectivity index (χ0n) is 14.4. The first-order chi connectivity index (χ1) is 11.4. The summed E-state index contributed by atoms with van der Waals surface area (Å²) < 4.78 is 16.4. The molecule has 0 fully saturated rings. The average Bonchev–Trinajstić information content (AvgIpc) is 2.97. The third kappa shape index (κ3) is 3.35. The number of aryl methyl sites for hydroxylation is 1. The van der Waals surface area contributed by atoms with Gasteiger partial charge in [-0.3, -0.25) is 0 Å². The molecular formula is C19H21NO4. The van der Waals surface area contributed by atoms with E-state index in [1.807, 2.05) is 25.1 Å². The standard InChI is InChI=1S/C19H21NO4/c1-11(2)7-14-8-16(24-20-14)10-22-15-5-6-17-12(3)13(4)19(21)23-18(17)9-15/h5-6,8-9,11H,7,10H2,1-4H3. The Morgan fingerprint density at radius 3 is 2.71 bits per heavy atom. The molecule has 3 rings (SSSR count). The minimum atomic E-state index is -0.314. The lowest BCUT2D eigenvalue weighted by Crippen LogP contribution is -2.05. The van der Waals surface area contributed by atoms with Crippen LogP contribution in [-0.4, -0.2) is 5.16 Å². The van der Waals surface area contributed by atoms with Gasteiger partial charge in [0.1, 0.15) is 17.9 Å². The Bertz CT molecular complexity index is 921. The van der Waals surface area contributed by atoms with Gasteiger partial charge >= 0.3 is 5.63 Å². The second-order valence-electron chi connectivity index (χ2n) is 6.47. The van der Waals surface area contributed by atoms with Gasteiger partial charge in [0.05, 0.1) is 5.69 Å². The molecule has 0 saturated carbocycles. The van der Waals surface area contributed by atoms with Crippen LogP contribution in [0.15, 0.2) is 38.0 Å². The highest BCUT2D eigenvalue weighted by Crippen LogP contribution is 2.24. The van der Waals surface area contributed by atoms with Gasteiger partial charge in [0.15, 0.2) is 5.76 Å². The Kier molecular flexibility index (Phi) is 4.42. The van der Waals surface area contributed by atoms with Crippen LogP contribution in [0.5, 0.6) is 5.75 Å². The SMILES string of the molecule is Cc1c(C)c2ccc(OCc3cc(CC(C)C)no3)cc2oc1=O. The monoisotopic (exact) mass is 327 g/mol. The van der Waals surface area contributed by atoms with Crippen LogP contribution in [0, 0.1) is 19.8 Å². The number of hydrogen-bond acceptors (Lipinski definition) is 5. The van der Waals surface area contributed by atoms with E-state index >= 15 is 0 Å². The van der Waals surface area contributed by atoms with Crippen LogP contribution in [0.2, 0.25) is 0 Å². The Morgan fingerprint density at radius 1 is 1.17 bits per heavy atom. The van der Waals surface area contributed by atoms with E-state index < -0.39 is 0 Å². The number of fused-ring (bicyclic) bond motifs is 1. The van der Waals surface area contributed by atoms with E-state index in [1.54, 1.807) is 13.0 Å². The van der Waals surface area contributed by atoms with Crippen molar-refractivity contribution in [2.75, 3.05) is 0 Å². The maximum atomic E-state index is 11.8. The number of aromatic nitrogens is 1. The van der Waals surface area contributed by atoms with Gasteiger partial charge in [-0.05, 0) is 43.9 Å². The summed E-state index contributed by atoms with van der Waals surface area (Å²) in [6, 6.07) is 7.41. The number of rotatable bonds is 5. The Balaban J connectivity index is 1.77. The van der Waals surface area contributed by atoms with Crippen molar-refractivity contribution in [2.45, 2.75) is 40.7 Å². The third-order valence-electron chi connectivity index (χ3n) is 4.03. The fraction of sp³-hybridized carbons (Fsp3) is 0.368. The lowest BCUT2D eigenvalue weighted by molar-refractivity contribution is 0.248. The highest BCUT2D eigenvalue weighted by atomic mass is 16.5. The molecule has 0 saturated heterocycles. The molecular weight excluding hydrogens is 306 g/mol. The summed E-state index contributed by atoms with van der Waals surface area (Å²) in [7, 11) is 0. The first-order valence-corrected chi connectivity index (χ1v) is 8.05. The molecule has 0 atom stereocenters. The summed E-state index contributed by atoms with van der Waals surface area (Å²) in [4.78, 5) is 11.8. The molecule has 0 radical (unpaired) electrons. The molecule has 126 valence electrons. The lowest BCUT2D eigenvalue weighted by Gasteiger charge is -2.07. The van der Waals surface area contributed by atoms with Crippen molar-refractivity contribution >= 4 is 11.0 Å². The molecule has 0 bridgehead atoms. The second kappa shape index (κ2) is 6.51. The van der Waals surface area contributed by atoms with Crippen molar-refractivity contribution in [1.29, 1.82) is 0 Å². The maximum absolute atomic E-state index is 11.8. The molecule has 0 aliphatic heterocycles. The largest absolute Gasteiger partial charge is 0.485 e. The maximum Gasteiger partial charge on any atom is 0.339 e. The third-order valence-corrected chi connectivity index (χ3v) is 4.03. The topological polar surface area (TPSA) is 65.5 Å². The second-order valence-corrected chi connectivity index (χ2v) is 6.47. The molecule has 0 spiro atoms. The highest BCUT2D eigenvalue weighted by Gasteiger charge is 2.10. The highest BCUT2D eigenvalue weighted by molar-refractivity contribution is 5.82. The van der Waals surface area contributed by atoms with E-state index in [1.165, 1.54) is 0 Å². The molecule has 0 aliphatic rings. The van der Waals surface area contributed by atoms with E-state index in [4.69, 9.17) is 13.7 Å². The molecule has 2 aromatic heterocycles. The van der Waals surface area contributed by atoms with Crippen LogP contribution in [0.4, 0.5) is 0 Å². The van der Waals surface area contributed by atoms with Crippen LogP contribution < -0.4 is 10.4 Å². The molecule has 0 aliphatic carbocycles. The number of ether oxygens (including phenoxy) is 1. The molecule has 2 heterocycles. The zero-order valence-corrected chi connectivity index (χ0v) is 14.4. The minimum absolute atomic E-state index is 0.283. The van der Waals surface area contributed by atoms with Crippen molar-refractivity contribution < 1.29 is 13.7 Å². The fourth-order valence-electron chi connectivity index (χ4n) is 2.61. The van der Waals surface area contributed by atoms with Crippen LogP contribution in [0.1, 0.15) is 36.4 Å². The quantitative estimate of drug-likeness (QED) is 0.658. The summed E-state index contributed by atoms with van der Waals surface area (Å²) in [5.41, 5.74) is 2.71. The first kappa shape index (κ1) is 16.3.